The Hall–Kier alpha value is -2.18. The zero-order valence-corrected chi connectivity index (χ0v) is 13.7. The summed E-state index contributed by atoms with van der Waals surface area (Å²) < 4.78 is 5.32. The minimum atomic E-state index is -0.272. The molecule has 0 aliphatic carbocycles. The Morgan fingerprint density at radius 2 is 1.92 bits per heavy atom. The van der Waals surface area contributed by atoms with Gasteiger partial charge in [0.25, 0.3) is 0 Å². The smallest absolute Gasteiger partial charge is 0.247 e. The molecule has 1 fully saturated rings. The van der Waals surface area contributed by atoms with E-state index in [-0.39, 0.29) is 30.3 Å². The van der Waals surface area contributed by atoms with E-state index >= 15 is 0 Å². The lowest BCUT2D eigenvalue weighted by molar-refractivity contribution is -0.121. The number of rotatable bonds is 7. The van der Waals surface area contributed by atoms with E-state index < -0.39 is 0 Å². The quantitative estimate of drug-likeness (QED) is 0.656. The van der Waals surface area contributed by atoms with Crippen LogP contribution in [-0.4, -0.2) is 43.3 Å². The van der Waals surface area contributed by atoms with Crippen LogP contribution < -0.4 is 10.6 Å². The van der Waals surface area contributed by atoms with E-state index in [1.54, 1.807) is 24.3 Å². The van der Waals surface area contributed by atoms with Gasteiger partial charge in [0.2, 0.25) is 11.8 Å². The molecule has 3 N–H and O–H groups in total. The molecule has 1 aliphatic heterocycles. The zero-order chi connectivity index (χ0) is 17.4. The second-order valence-corrected chi connectivity index (χ2v) is 6.11. The van der Waals surface area contributed by atoms with Crippen LogP contribution in [0.2, 0.25) is 0 Å². The van der Waals surface area contributed by atoms with Crippen molar-refractivity contribution in [2.75, 3.05) is 31.7 Å². The number of carbonyl (C=O) groups excluding carboxylic acids is 2. The Morgan fingerprint density at radius 3 is 2.50 bits per heavy atom. The molecule has 1 aromatic rings. The second-order valence-electron chi connectivity index (χ2n) is 6.11. The molecule has 130 valence electrons. The van der Waals surface area contributed by atoms with Crippen LogP contribution in [0.1, 0.15) is 18.4 Å². The maximum absolute atomic E-state index is 12.1. The summed E-state index contributed by atoms with van der Waals surface area (Å²) in [5.74, 6) is -0.358. The average Bonchev–Trinajstić information content (AvgIpc) is 2.62. The summed E-state index contributed by atoms with van der Waals surface area (Å²) in [4.78, 5) is 23.3. The van der Waals surface area contributed by atoms with Gasteiger partial charge in [-0.2, -0.15) is 0 Å². The molecule has 0 aromatic heterocycles. The third kappa shape index (κ3) is 5.18. The van der Waals surface area contributed by atoms with Gasteiger partial charge in [0.15, 0.2) is 0 Å². The Balaban J connectivity index is 1.83. The van der Waals surface area contributed by atoms with E-state index in [0.717, 1.165) is 18.4 Å². The van der Waals surface area contributed by atoms with Crippen molar-refractivity contribution in [1.82, 2.24) is 5.32 Å². The number of ether oxygens (including phenoxy) is 1. The van der Waals surface area contributed by atoms with Gasteiger partial charge >= 0.3 is 0 Å². The van der Waals surface area contributed by atoms with Gasteiger partial charge in [-0.15, -0.1) is 0 Å². The largest absolute Gasteiger partial charge is 0.396 e. The number of aliphatic hydroxyl groups is 1. The van der Waals surface area contributed by atoms with Gasteiger partial charge < -0.3 is 20.5 Å². The molecule has 0 radical (unpaired) electrons. The van der Waals surface area contributed by atoms with Crippen molar-refractivity contribution in [2.45, 2.75) is 19.3 Å². The number of carbonyl (C=O) groups is 2. The fourth-order valence-electron chi connectivity index (χ4n) is 2.63. The number of hydrogen-bond donors (Lipinski definition) is 3. The molecule has 0 saturated carbocycles. The molecule has 1 saturated heterocycles. The van der Waals surface area contributed by atoms with Gasteiger partial charge in [0, 0.05) is 30.9 Å². The van der Waals surface area contributed by atoms with E-state index in [4.69, 9.17) is 4.74 Å². The number of anilines is 1. The molecule has 0 atom stereocenters. The number of hydrogen-bond acceptors (Lipinski definition) is 4. The van der Waals surface area contributed by atoms with Gasteiger partial charge in [0.1, 0.15) is 0 Å². The Bertz CT molecular complexity index is 577. The van der Waals surface area contributed by atoms with E-state index in [0.29, 0.717) is 25.4 Å². The molecule has 2 rings (SSSR count). The summed E-state index contributed by atoms with van der Waals surface area (Å²) >= 11 is 0. The van der Waals surface area contributed by atoms with E-state index in [1.165, 1.54) is 6.08 Å². The molecular weight excluding hydrogens is 308 g/mol. The molecule has 6 nitrogen and oxygen atoms in total. The molecule has 0 spiro atoms. The maximum Gasteiger partial charge on any atom is 0.247 e. The molecule has 24 heavy (non-hydrogen) atoms. The van der Waals surface area contributed by atoms with Crippen LogP contribution in [0.4, 0.5) is 5.69 Å². The standard InChI is InChI=1S/C18H24N2O4/c1-2-16(22)20-15-5-3-14(4-6-15)11-17(23)19-12-18(13-21)7-9-24-10-8-18/h2-6,21H,1,7-13H2,(H,19,23)(H,20,22). The minimum absolute atomic E-state index is 0.0499. The zero-order valence-electron chi connectivity index (χ0n) is 13.7. The summed E-state index contributed by atoms with van der Waals surface area (Å²) in [5, 5.41) is 15.2. The average molecular weight is 332 g/mol. The van der Waals surface area contributed by atoms with Gasteiger partial charge in [-0.3, -0.25) is 9.59 Å². The lowest BCUT2D eigenvalue weighted by Crippen LogP contribution is -2.44. The van der Waals surface area contributed by atoms with Crippen LogP contribution in [0.15, 0.2) is 36.9 Å². The van der Waals surface area contributed by atoms with Gasteiger partial charge in [-0.05, 0) is 36.6 Å². The first-order chi connectivity index (χ1) is 11.6. The highest BCUT2D eigenvalue weighted by Gasteiger charge is 2.32. The first-order valence-electron chi connectivity index (χ1n) is 8.04. The summed E-state index contributed by atoms with van der Waals surface area (Å²) in [6, 6.07) is 7.10. The van der Waals surface area contributed by atoms with Crippen molar-refractivity contribution < 1.29 is 19.4 Å². The molecule has 1 aliphatic rings. The second kappa shape index (κ2) is 8.61. The first kappa shape index (κ1) is 18.2. The van der Waals surface area contributed by atoms with E-state index in [1.807, 2.05) is 0 Å². The van der Waals surface area contributed by atoms with Crippen LogP contribution >= 0.6 is 0 Å². The first-order valence-corrected chi connectivity index (χ1v) is 8.04. The normalized spacial score (nSPS) is 16.2. The lowest BCUT2D eigenvalue weighted by atomic mass is 9.81. The van der Waals surface area contributed by atoms with Crippen molar-refractivity contribution in [3.63, 3.8) is 0 Å². The number of nitrogens with one attached hydrogen (secondary N) is 2. The Kier molecular flexibility index (Phi) is 6.52. The van der Waals surface area contributed by atoms with Gasteiger partial charge in [-0.25, -0.2) is 0 Å². The monoisotopic (exact) mass is 332 g/mol. The van der Waals surface area contributed by atoms with Gasteiger partial charge in [0.05, 0.1) is 13.0 Å². The van der Waals surface area contributed by atoms with Crippen LogP contribution in [0.25, 0.3) is 0 Å². The minimum Gasteiger partial charge on any atom is -0.396 e. The third-order valence-corrected chi connectivity index (χ3v) is 4.32. The summed E-state index contributed by atoms with van der Waals surface area (Å²) in [6.45, 7) is 5.14. The van der Waals surface area contributed by atoms with Crippen molar-refractivity contribution in [1.29, 1.82) is 0 Å². The lowest BCUT2D eigenvalue weighted by Gasteiger charge is -2.35. The molecule has 1 aromatic carbocycles. The predicted octanol–water partition coefficient (Wildman–Crippen LogP) is 1.26. The van der Waals surface area contributed by atoms with Crippen molar-refractivity contribution in [2.24, 2.45) is 5.41 Å². The number of aliphatic hydroxyl groups excluding tert-OH is 1. The van der Waals surface area contributed by atoms with Gasteiger partial charge in [-0.1, -0.05) is 18.7 Å². The molecule has 2 amide bonds. The molecular formula is C18H24N2O4. The molecule has 6 heteroatoms. The molecule has 0 unspecified atom stereocenters. The molecule has 1 heterocycles. The molecule has 0 bridgehead atoms. The van der Waals surface area contributed by atoms with Crippen LogP contribution in [0.3, 0.4) is 0 Å². The maximum atomic E-state index is 12.1. The Morgan fingerprint density at radius 1 is 1.25 bits per heavy atom. The summed E-state index contributed by atoms with van der Waals surface area (Å²) in [6.07, 6.45) is 2.96. The predicted molar refractivity (Wildman–Crippen MR) is 91.6 cm³/mol. The summed E-state index contributed by atoms with van der Waals surface area (Å²) in [7, 11) is 0. The topological polar surface area (TPSA) is 87.7 Å². The Labute approximate surface area is 141 Å². The third-order valence-electron chi connectivity index (χ3n) is 4.32. The number of amides is 2. The highest BCUT2D eigenvalue weighted by molar-refractivity contribution is 5.98. The highest BCUT2D eigenvalue weighted by atomic mass is 16.5. The SMILES string of the molecule is C=CC(=O)Nc1ccc(CC(=O)NCC2(CO)CCOCC2)cc1. The fraction of sp³-hybridized carbons (Fsp3) is 0.444. The summed E-state index contributed by atoms with van der Waals surface area (Å²) in [5.41, 5.74) is 1.24. The number of benzene rings is 1. The van der Waals surface area contributed by atoms with Crippen molar-refractivity contribution in [3.05, 3.63) is 42.5 Å². The van der Waals surface area contributed by atoms with Crippen LogP contribution in [0, 0.1) is 5.41 Å². The van der Waals surface area contributed by atoms with E-state index in [2.05, 4.69) is 17.2 Å². The van der Waals surface area contributed by atoms with Crippen molar-refractivity contribution >= 4 is 17.5 Å². The van der Waals surface area contributed by atoms with E-state index in [9.17, 15) is 14.7 Å². The highest BCUT2D eigenvalue weighted by Crippen LogP contribution is 2.28. The van der Waals surface area contributed by atoms with Crippen LogP contribution in [0.5, 0.6) is 0 Å². The van der Waals surface area contributed by atoms with Crippen molar-refractivity contribution in [3.8, 4) is 0 Å². The fourth-order valence-corrected chi connectivity index (χ4v) is 2.63. The van der Waals surface area contributed by atoms with Crippen LogP contribution in [-0.2, 0) is 20.7 Å².